The van der Waals surface area contributed by atoms with Crippen LogP contribution in [0.15, 0.2) is 12.1 Å². The average Bonchev–Trinajstić information content (AvgIpc) is 2.30. The van der Waals surface area contributed by atoms with Crippen LogP contribution in [0.4, 0.5) is 0 Å². The third-order valence-corrected chi connectivity index (χ3v) is 2.94. The first-order valence-corrected chi connectivity index (χ1v) is 6.10. The summed E-state index contributed by atoms with van der Waals surface area (Å²) in [6.07, 6.45) is 0.781. The highest BCUT2D eigenvalue weighted by molar-refractivity contribution is 7.97. The SMILES string of the molecule is CCc1ccc(C(=O)S)c(Cl)c1OCCOC. The van der Waals surface area contributed by atoms with Crippen LogP contribution in [0.1, 0.15) is 22.8 Å². The van der Waals surface area contributed by atoms with Crippen molar-refractivity contribution in [3.8, 4) is 5.75 Å². The molecule has 0 N–H and O–H groups in total. The van der Waals surface area contributed by atoms with Gasteiger partial charge in [0.2, 0.25) is 5.12 Å². The van der Waals surface area contributed by atoms with E-state index in [4.69, 9.17) is 21.1 Å². The van der Waals surface area contributed by atoms with Crippen molar-refractivity contribution < 1.29 is 14.3 Å². The van der Waals surface area contributed by atoms with Gasteiger partial charge in [0, 0.05) is 7.11 Å². The maximum absolute atomic E-state index is 11.2. The molecule has 3 nitrogen and oxygen atoms in total. The molecule has 1 aromatic carbocycles. The molecule has 1 rings (SSSR count). The molecule has 0 saturated carbocycles. The number of hydrogen-bond donors (Lipinski definition) is 1. The molecule has 0 unspecified atom stereocenters. The van der Waals surface area contributed by atoms with E-state index in [-0.39, 0.29) is 5.12 Å². The van der Waals surface area contributed by atoms with E-state index in [1.54, 1.807) is 13.2 Å². The zero-order valence-corrected chi connectivity index (χ0v) is 11.5. The van der Waals surface area contributed by atoms with Gasteiger partial charge in [-0.25, -0.2) is 0 Å². The highest BCUT2D eigenvalue weighted by atomic mass is 35.5. The van der Waals surface area contributed by atoms with E-state index in [1.165, 1.54) is 0 Å². The van der Waals surface area contributed by atoms with Crippen LogP contribution in [-0.2, 0) is 11.2 Å². The third kappa shape index (κ3) is 3.63. The Hall–Kier alpha value is -0.710. The Labute approximate surface area is 111 Å². The molecule has 0 aliphatic heterocycles. The second-order valence-corrected chi connectivity index (χ2v) is 4.20. The van der Waals surface area contributed by atoms with Gasteiger partial charge in [-0.05, 0) is 18.1 Å². The lowest BCUT2D eigenvalue weighted by molar-refractivity contribution is 0.109. The predicted molar refractivity (Wildman–Crippen MR) is 71.5 cm³/mol. The molecule has 0 bridgehead atoms. The van der Waals surface area contributed by atoms with Crippen LogP contribution < -0.4 is 4.74 Å². The fraction of sp³-hybridized carbons (Fsp3) is 0.417. The molecule has 0 amide bonds. The molecule has 0 aliphatic rings. The number of carbonyl (C=O) groups is 1. The van der Waals surface area contributed by atoms with E-state index in [2.05, 4.69) is 12.6 Å². The number of aryl methyl sites for hydroxylation is 1. The van der Waals surface area contributed by atoms with E-state index >= 15 is 0 Å². The first-order valence-electron chi connectivity index (χ1n) is 5.28. The average molecular weight is 275 g/mol. The predicted octanol–water partition coefficient (Wildman–Crippen LogP) is 3.00. The van der Waals surface area contributed by atoms with Crippen molar-refractivity contribution in [2.45, 2.75) is 13.3 Å². The Morgan fingerprint density at radius 1 is 1.41 bits per heavy atom. The van der Waals surface area contributed by atoms with Crippen molar-refractivity contribution in [1.29, 1.82) is 0 Å². The number of hydrogen-bond acceptors (Lipinski definition) is 3. The maximum atomic E-state index is 11.2. The minimum atomic E-state index is -0.366. The van der Waals surface area contributed by atoms with E-state index in [0.717, 1.165) is 12.0 Å². The number of carbonyl (C=O) groups excluding carboxylic acids is 1. The summed E-state index contributed by atoms with van der Waals surface area (Å²) in [6, 6.07) is 3.50. The maximum Gasteiger partial charge on any atom is 0.217 e. The van der Waals surface area contributed by atoms with Gasteiger partial charge in [-0.15, -0.1) is 12.6 Å². The quantitative estimate of drug-likeness (QED) is 0.640. The largest absolute Gasteiger partial charge is 0.489 e. The molecule has 0 aliphatic carbocycles. The zero-order chi connectivity index (χ0) is 12.8. The summed E-state index contributed by atoms with van der Waals surface area (Å²) in [5, 5.41) is -0.0466. The summed E-state index contributed by atoms with van der Waals surface area (Å²) in [5.41, 5.74) is 1.32. The molecule has 1 aromatic rings. The molecule has 94 valence electrons. The molecule has 0 radical (unpaired) electrons. The van der Waals surface area contributed by atoms with Gasteiger partial charge in [0.1, 0.15) is 12.4 Å². The summed E-state index contributed by atoms with van der Waals surface area (Å²) in [4.78, 5) is 11.2. The van der Waals surface area contributed by atoms with E-state index in [1.807, 2.05) is 13.0 Å². The van der Waals surface area contributed by atoms with Gasteiger partial charge >= 0.3 is 0 Å². The molecule has 0 atom stereocenters. The normalized spacial score (nSPS) is 10.4. The number of methoxy groups -OCH3 is 1. The molecule has 0 heterocycles. The second kappa shape index (κ2) is 6.89. The summed E-state index contributed by atoms with van der Waals surface area (Å²) >= 11 is 9.91. The van der Waals surface area contributed by atoms with Crippen LogP contribution in [0, 0.1) is 0 Å². The van der Waals surface area contributed by atoms with Crippen molar-refractivity contribution >= 4 is 29.3 Å². The van der Waals surface area contributed by atoms with Crippen LogP contribution in [0.5, 0.6) is 5.75 Å². The van der Waals surface area contributed by atoms with Crippen molar-refractivity contribution in [3.63, 3.8) is 0 Å². The first-order chi connectivity index (χ1) is 8.11. The first kappa shape index (κ1) is 14.4. The van der Waals surface area contributed by atoms with E-state index in [0.29, 0.717) is 29.5 Å². The number of ether oxygens (including phenoxy) is 2. The molecule has 0 saturated heterocycles. The lowest BCUT2D eigenvalue weighted by Gasteiger charge is -2.13. The Bertz CT molecular complexity index is 407. The fourth-order valence-corrected chi connectivity index (χ4v) is 2.00. The summed E-state index contributed by atoms with van der Waals surface area (Å²) in [7, 11) is 1.60. The highest BCUT2D eigenvalue weighted by Gasteiger charge is 2.15. The standard InChI is InChI=1S/C12H15ClO3S/c1-3-8-4-5-9(12(14)17)10(13)11(8)16-7-6-15-2/h4-5H,3,6-7H2,1-2H3,(H,14,17). The number of rotatable bonds is 6. The number of benzene rings is 1. The topological polar surface area (TPSA) is 35.5 Å². The molecule has 0 aromatic heterocycles. The van der Waals surface area contributed by atoms with Gasteiger partial charge in [0.15, 0.2) is 0 Å². The number of halogens is 1. The van der Waals surface area contributed by atoms with Gasteiger partial charge in [0.25, 0.3) is 0 Å². The summed E-state index contributed by atoms with van der Waals surface area (Å²) < 4.78 is 10.5. The molecule has 17 heavy (non-hydrogen) atoms. The Morgan fingerprint density at radius 2 is 2.12 bits per heavy atom. The van der Waals surface area contributed by atoms with E-state index < -0.39 is 0 Å². The van der Waals surface area contributed by atoms with Gasteiger partial charge in [0.05, 0.1) is 17.2 Å². The van der Waals surface area contributed by atoms with Crippen LogP contribution in [0.25, 0.3) is 0 Å². The highest BCUT2D eigenvalue weighted by Crippen LogP contribution is 2.33. The van der Waals surface area contributed by atoms with Gasteiger partial charge in [-0.3, -0.25) is 4.79 Å². The molecule has 5 heteroatoms. The van der Waals surface area contributed by atoms with Crippen molar-refractivity contribution in [2.24, 2.45) is 0 Å². The summed E-state index contributed by atoms with van der Waals surface area (Å²) in [6.45, 7) is 2.86. The van der Waals surface area contributed by atoms with Crippen LogP contribution in [0.2, 0.25) is 5.02 Å². The fourth-order valence-electron chi connectivity index (χ4n) is 1.42. The molecule has 0 spiro atoms. The number of thiol groups is 1. The van der Waals surface area contributed by atoms with Crippen molar-refractivity contribution in [3.05, 3.63) is 28.3 Å². The second-order valence-electron chi connectivity index (χ2n) is 3.42. The zero-order valence-electron chi connectivity index (χ0n) is 9.83. The van der Waals surface area contributed by atoms with Crippen LogP contribution >= 0.6 is 24.2 Å². The Morgan fingerprint density at radius 3 is 2.65 bits per heavy atom. The molecular weight excluding hydrogens is 260 g/mol. The minimum absolute atomic E-state index is 0.320. The van der Waals surface area contributed by atoms with Crippen molar-refractivity contribution in [2.75, 3.05) is 20.3 Å². The van der Waals surface area contributed by atoms with Crippen LogP contribution in [-0.4, -0.2) is 25.4 Å². The molecule has 0 fully saturated rings. The van der Waals surface area contributed by atoms with Gasteiger partial charge in [-0.2, -0.15) is 0 Å². The Kier molecular flexibility index (Phi) is 5.82. The van der Waals surface area contributed by atoms with E-state index in [9.17, 15) is 4.79 Å². The third-order valence-electron chi connectivity index (χ3n) is 2.32. The molecular formula is C12H15ClO3S. The summed E-state index contributed by atoms with van der Waals surface area (Å²) in [5.74, 6) is 0.547. The lowest BCUT2D eigenvalue weighted by Crippen LogP contribution is -2.07. The monoisotopic (exact) mass is 274 g/mol. The smallest absolute Gasteiger partial charge is 0.217 e. The minimum Gasteiger partial charge on any atom is -0.489 e. The van der Waals surface area contributed by atoms with Crippen LogP contribution in [0.3, 0.4) is 0 Å². The Balaban J connectivity index is 3.04. The van der Waals surface area contributed by atoms with Crippen molar-refractivity contribution in [1.82, 2.24) is 0 Å². The lowest BCUT2D eigenvalue weighted by atomic mass is 10.1. The van der Waals surface area contributed by atoms with Gasteiger partial charge in [-0.1, -0.05) is 24.6 Å². The van der Waals surface area contributed by atoms with Gasteiger partial charge < -0.3 is 9.47 Å².